The Morgan fingerprint density at radius 2 is 0.586 bits per heavy atom. The average molecular weight is 738 g/mol. The van der Waals surface area contributed by atoms with E-state index in [1.54, 1.807) is 0 Å². The predicted molar refractivity (Wildman–Crippen MR) is 240 cm³/mol. The SMILES string of the molecule is c1ccc(-c2cccc(-c3nc(-c4ccccc4)nc(-c4ccc(-c5ccccc5-c5ccc(-c6ccc7c8c(cccc68)-c6ccccc6-7)cc5)cc4)n3)c2)cc1. The van der Waals surface area contributed by atoms with E-state index in [0.29, 0.717) is 17.5 Å². The van der Waals surface area contributed by atoms with Crippen molar-refractivity contribution in [2.75, 3.05) is 0 Å². The molecule has 0 atom stereocenters. The van der Waals surface area contributed by atoms with Gasteiger partial charge in [0.25, 0.3) is 0 Å². The fourth-order valence-electron chi connectivity index (χ4n) is 8.49. The third-order valence-corrected chi connectivity index (χ3v) is 11.3. The first kappa shape index (κ1) is 33.6. The maximum absolute atomic E-state index is 5.06. The minimum Gasteiger partial charge on any atom is -0.208 e. The molecule has 0 unspecified atom stereocenters. The van der Waals surface area contributed by atoms with Crippen molar-refractivity contribution in [3.8, 4) is 101 Å². The van der Waals surface area contributed by atoms with Crippen LogP contribution in [0.4, 0.5) is 0 Å². The van der Waals surface area contributed by atoms with Gasteiger partial charge in [0.15, 0.2) is 17.5 Å². The van der Waals surface area contributed by atoms with Gasteiger partial charge in [-0.05, 0) is 83.6 Å². The second-order valence-corrected chi connectivity index (χ2v) is 14.8. The standard InChI is InChI=1S/C55H35N3/c1-3-13-36(14-4-1)42-17-11-18-43(35-42)55-57-53(40-15-5-2-6-16-40)56-54(58-55)41-31-29-38(30-32-41)45-20-8-7-19-44(45)37-25-27-39(28-26-37)46-33-34-51-48-22-10-9-21-47(48)50-24-12-23-49(46)52(50)51/h1-35H. The molecule has 0 saturated carbocycles. The highest BCUT2D eigenvalue weighted by Crippen LogP contribution is 2.49. The molecule has 0 saturated heterocycles. The summed E-state index contributed by atoms with van der Waals surface area (Å²) in [4.78, 5) is 15.0. The molecule has 58 heavy (non-hydrogen) atoms. The molecule has 3 nitrogen and oxygen atoms in total. The normalized spacial score (nSPS) is 11.4. The topological polar surface area (TPSA) is 38.7 Å². The fourth-order valence-corrected chi connectivity index (χ4v) is 8.49. The van der Waals surface area contributed by atoms with Crippen molar-refractivity contribution in [2.45, 2.75) is 0 Å². The van der Waals surface area contributed by atoms with E-state index < -0.39 is 0 Å². The van der Waals surface area contributed by atoms with Gasteiger partial charge in [-0.3, -0.25) is 0 Å². The average Bonchev–Trinajstić information content (AvgIpc) is 3.64. The molecule has 0 aliphatic heterocycles. The molecule has 0 radical (unpaired) electrons. The maximum Gasteiger partial charge on any atom is 0.164 e. The van der Waals surface area contributed by atoms with E-state index in [4.69, 9.17) is 15.0 Å². The lowest BCUT2D eigenvalue weighted by Crippen LogP contribution is -2.00. The van der Waals surface area contributed by atoms with E-state index in [1.165, 1.54) is 60.8 Å². The summed E-state index contributed by atoms with van der Waals surface area (Å²) in [7, 11) is 0. The molecule has 1 aromatic heterocycles. The monoisotopic (exact) mass is 737 g/mol. The van der Waals surface area contributed by atoms with Gasteiger partial charge in [-0.2, -0.15) is 0 Å². The molecular weight excluding hydrogens is 703 g/mol. The van der Waals surface area contributed by atoms with Crippen molar-refractivity contribution in [3.05, 3.63) is 212 Å². The van der Waals surface area contributed by atoms with E-state index in [2.05, 4.69) is 176 Å². The number of benzene rings is 9. The number of rotatable bonds is 7. The van der Waals surface area contributed by atoms with Gasteiger partial charge in [0.05, 0.1) is 0 Å². The van der Waals surface area contributed by atoms with Crippen molar-refractivity contribution in [3.63, 3.8) is 0 Å². The van der Waals surface area contributed by atoms with Gasteiger partial charge in [0.1, 0.15) is 0 Å². The summed E-state index contributed by atoms with van der Waals surface area (Å²) in [5.41, 5.74) is 17.5. The lowest BCUT2D eigenvalue weighted by molar-refractivity contribution is 1.07. The summed E-state index contributed by atoms with van der Waals surface area (Å²) in [5.74, 6) is 1.92. The minimum atomic E-state index is 0.635. The highest BCUT2D eigenvalue weighted by atomic mass is 15.0. The van der Waals surface area contributed by atoms with E-state index in [9.17, 15) is 0 Å². The zero-order valence-electron chi connectivity index (χ0n) is 31.5. The summed E-state index contributed by atoms with van der Waals surface area (Å²) in [5, 5.41) is 2.64. The summed E-state index contributed by atoms with van der Waals surface area (Å²) in [6.07, 6.45) is 0. The van der Waals surface area contributed by atoms with E-state index in [-0.39, 0.29) is 0 Å². The van der Waals surface area contributed by atoms with Gasteiger partial charge in [-0.25, -0.2) is 15.0 Å². The van der Waals surface area contributed by atoms with Crippen molar-refractivity contribution in [1.82, 2.24) is 15.0 Å². The van der Waals surface area contributed by atoms with E-state index in [1.807, 2.05) is 36.4 Å². The van der Waals surface area contributed by atoms with Gasteiger partial charge >= 0.3 is 0 Å². The molecule has 0 fully saturated rings. The summed E-state index contributed by atoms with van der Waals surface area (Å²) >= 11 is 0. The van der Waals surface area contributed by atoms with Gasteiger partial charge in [-0.15, -0.1) is 0 Å². The number of hydrogen-bond donors (Lipinski definition) is 0. The quantitative estimate of drug-likeness (QED) is 0.163. The molecule has 10 aromatic rings. The summed E-state index contributed by atoms with van der Waals surface area (Å²) in [6.45, 7) is 0. The van der Waals surface area contributed by atoms with Crippen LogP contribution in [0.2, 0.25) is 0 Å². The lowest BCUT2D eigenvalue weighted by atomic mass is 9.91. The van der Waals surface area contributed by atoms with Crippen molar-refractivity contribution >= 4 is 10.8 Å². The fraction of sp³-hybridized carbons (Fsp3) is 0. The van der Waals surface area contributed by atoms with Crippen molar-refractivity contribution in [1.29, 1.82) is 0 Å². The number of nitrogens with zero attached hydrogens (tertiary/aromatic N) is 3. The molecule has 1 aliphatic carbocycles. The first-order valence-electron chi connectivity index (χ1n) is 19.7. The minimum absolute atomic E-state index is 0.635. The zero-order chi connectivity index (χ0) is 38.4. The molecule has 0 bridgehead atoms. The van der Waals surface area contributed by atoms with Gasteiger partial charge < -0.3 is 0 Å². The summed E-state index contributed by atoms with van der Waals surface area (Å²) < 4.78 is 0. The molecule has 1 aliphatic rings. The Bertz CT molecular complexity index is 3100. The smallest absolute Gasteiger partial charge is 0.164 e. The predicted octanol–water partition coefficient (Wildman–Crippen LogP) is 14.3. The molecule has 0 amide bonds. The number of aromatic nitrogens is 3. The van der Waals surface area contributed by atoms with Gasteiger partial charge in [-0.1, -0.05) is 206 Å². The number of hydrogen-bond acceptors (Lipinski definition) is 3. The second kappa shape index (κ2) is 14.1. The summed E-state index contributed by atoms with van der Waals surface area (Å²) in [6, 6.07) is 75.2. The van der Waals surface area contributed by atoms with Crippen LogP contribution in [-0.2, 0) is 0 Å². The van der Waals surface area contributed by atoms with Crippen LogP contribution in [0.1, 0.15) is 0 Å². The lowest BCUT2D eigenvalue weighted by Gasteiger charge is -2.13. The number of fused-ring (bicyclic) bond motifs is 3. The van der Waals surface area contributed by atoms with E-state index >= 15 is 0 Å². The third-order valence-electron chi connectivity index (χ3n) is 11.3. The Labute approximate surface area is 337 Å². The van der Waals surface area contributed by atoms with Crippen LogP contribution >= 0.6 is 0 Å². The van der Waals surface area contributed by atoms with Crippen LogP contribution in [0.3, 0.4) is 0 Å². The van der Waals surface area contributed by atoms with Gasteiger partial charge in [0.2, 0.25) is 0 Å². The van der Waals surface area contributed by atoms with Crippen molar-refractivity contribution < 1.29 is 0 Å². The molecule has 1 heterocycles. The van der Waals surface area contributed by atoms with Crippen LogP contribution in [0, 0.1) is 0 Å². The Balaban J connectivity index is 0.927. The highest BCUT2D eigenvalue weighted by molar-refractivity contribution is 6.18. The Kier molecular flexibility index (Phi) is 8.15. The Hall–Kier alpha value is -7.75. The van der Waals surface area contributed by atoms with E-state index in [0.717, 1.165) is 33.4 Å². The van der Waals surface area contributed by atoms with Gasteiger partial charge in [0, 0.05) is 16.7 Å². The molecule has 11 rings (SSSR count). The highest BCUT2D eigenvalue weighted by Gasteiger charge is 2.22. The largest absolute Gasteiger partial charge is 0.208 e. The zero-order valence-corrected chi connectivity index (χ0v) is 31.5. The van der Waals surface area contributed by atoms with Crippen LogP contribution in [0.25, 0.3) is 112 Å². The Morgan fingerprint density at radius 3 is 1.19 bits per heavy atom. The molecule has 270 valence electrons. The first-order valence-corrected chi connectivity index (χ1v) is 19.7. The van der Waals surface area contributed by atoms with Crippen LogP contribution in [-0.4, -0.2) is 15.0 Å². The second-order valence-electron chi connectivity index (χ2n) is 14.8. The Morgan fingerprint density at radius 1 is 0.207 bits per heavy atom. The molecule has 3 heteroatoms. The maximum atomic E-state index is 5.06. The molecule has 0 spiro atoms. The third kappa shape index (κ3) is 5.89. The van der Waals surface area contributed by atoms with Crippen molar-refractivity contribution in [2.24, 2.45) is 0 Å². The molecule has 9 aromatic carbocycles. The molecular formula is C55H35N3. The van der Waals surface area contributed by atoms with Crippen LogP contribution < -0.4 is 0 Å². The van der Waals surface area contributed by atoms with Crippen LogP contribution in [0.15, 0.2) is 212 Å². The first-order chi connectivity index (χ1) is 28.7. The van der Waals surface area contributed by atoms with Crippen LogP contribution in [0.5, 0.6) is 0 Å². The molecule has 0 N–H and O–H groups in total.